The highest BCUT2D eigenvalue weighted by Gasteiger charge is 2.31. The first-order valence-corrected chi connectivity index (χ1v) is 6.53. The second kappa shape index (κ2) is 5.53. The van der Waals surface area contributed by atoms with Gasteiger partial charge in [-0.25, -0.2) is 0 Å². The van der Waals surface area contributed by atoms with E-state index < -0.39 is 6.10 Å². The van der Waals surface area contributed by atoms with Gasteiger partial charge in [0, 0.05) is 24.7 Å². The Labute approximate surface area is 113 Å². The molecule has 0 aliphatic heterocycles. The van der Waals surface area contributed by atoms with E-state index in [2.05, 4.69) is 0 Å². The molecule has 102 valence electrons. The Morgan fingerprint density at radius 1 is 1.26 bits per heavy atom. The zero-order valence-corrected chi connectivity index (χ0v) is 11.3. The number of hydrogen-bond donors (Lipinski definition) is 1. The molecule has 2 rings (SSSR count). The SMILES string of the molecule is CC(=O)c1ccc(C(=O)N(C)CC(O)C2CC2)cc1. The fraction of sp³-hybridized carbons (Fsp3) is 0.467. The molecule has 0 saturated heterocycles. The number of carbonyl (C=O) groups is 2. The van der Waals surface area contributed by atoms with Gasteiger partial charge in [-0.05, 0) is 37.8 Å². The third-order valence-corrected chi connectivity index (χ3v) is 3.51. The van der Waals surface area contributed by atoms with Crippen LogP contribution in [0.3, 0.4) is 0 Å². The lowest BCUT2D eigenvalue weighted by Crippen LogP contribution is -2.35. The Morgan fingerprint density at radius 3 is 2.26 bits per heavy atom. The Morgan fingerprint density at radius 2 is 1.79 bits per heavy atom. The van der Waals surface area contributed by atoms with Gasteiger partial charge in [0.1, 0.15) is 0 Å². The molecule has 1 aliphatic carbocycles. The van der Waals surface area contributed by atoms with Gasteiger partial charge in [0.15, 0.2) is 5.78 Å². The second-order valence-corrected chi connectivity index (χ2v) is 5.22. The van der Waals surface area contributed by atoms with Gasteiger partial charge >= 0.3 is 0 Å². The maximum absolute atomic E-state index is 12.1. The quantitative estimate of drug-likeness (QED) is 0.821. The molecule has 1 saturated carbocycles. The molecule has 0 spiro atoms. The highest BCUT2D eigenvalue weighted by atomic mass is 16.3. The molecule has 1 aliphatic rings. The van der Waals surface area contributed by atoms with E-state index in [1.807, 2.05) is 0 Å². The van der Waals surface area contributed by atoms with Gasteiger partial charge in [-0.1, -0.05) is 12.1 Å². The van der Waals surface area contributed by atoms with Crippen LogP contribution < -0.4 is 0 Å². The number of benzene rings is 1. The normalized spacial score (nSPS) is 15.9. The number of aliphatic hydroxyl groups excluding tert-OH is 1. The van der Waals surface area contributed by atoms with Gasteiger partial charge < -0.3 is 10.0 Å². The lowest BCUT2D eigenvalue weighted by Gasteiger charge is -2.20. The predicted molar refractivity (Wildman–Crippen MR) is 72.1 cm³/mol. The van der Waals surface area contributed by atoms with Gasteiger partial charge in [0.2, 0.25) is 0 Å². The number of Topliss-reactive ketones (excluding diaryl/α,β-unsaturated/α-hetero) is 1. The summed E-state index contributed by atoms with van der Waals surface area (Å²) in [6, 6.07) is 6.61. The Hall–Kier alpha value is -1.68. The van der Waals surface area contributed by atoms with E-state index in [1.165, 1.54) is 11.8 Å². The average Bonchev–Trinajstić information content (AvgIpc) is 3.22. The molecular weight excluding hydrogens is 242 g/mol. The predicted octanol–water partition coefficient (Wildman–Crippen LogP) is 1.73. The molecule has 0 radical (unpaired) electrons. The first-order valence-electron chi connectivity index (χ1n) is 6.53. The summed E-state index contributed by atoms with van der Waals surface area (Å²) in [6.07, 6.45) is 1.68. The van der Waals surface area contributed by atoms with E-state index in [9.17, 15) is 14.7 Å². The van der Waals surface area contributed by atoms with Crippen molar-refractivity contribution in [2.24, 2.45) is 5.92 Å². The van der Waals surface area contributed by atoms with Crippen molar-refractivity contribution in [3.05, 3.63) is 35.4 Å². The monoisotopic (exact) mass is 261 g/mol. The Bertz CT molecular complexity index is 477. The number of ketones is 1. The van der Waals surface area contributed by atoms with Gasteiger partial charge in [-0.2, -0.15) is 0 Å². The van der Waals surface area contributed by atoms with E-state index in [-0.39, 0.29) is 11.7 Å². The van der Waals surface area contributed by atoms with Crippen molar-refractivity contribution in [3.8, 4) is 0 Å². The third kappa shape index (κ3) is 3.41. The van der Waals surface area contributed by atoms with Gasteiger partial charge in [-0.15, -0.1) is 0 Å². The molecule has 4 heteroatoms. The number of rotatable bonds is 5. The molecule has 0 heterocycles. The zero-order valence-electron chi connectivity index (χ0n) is 11.3. The summed E-state index contributed by atoms with van der Waals surface area (Å²) in [5.74, 6) is 0.210. The lowest BCUT2D eigenvalue weighted by atomic mass is 10.1. The number of aliphatic hydroxyl groups is 1. The number of likely N-dealkylation sites (N-methyl/N-ethyl adjacent to an activating group) is 1. The second-order valence-electron chi connectivity index (χ2n) is 5.22. The van der Waals surface area contributed by atoms with E-state index in [1.54, 1.807) is 31.3 Å². The first-order chi connectivity index (χ1) is 8.99. The van der Waals surface area contributed by atoms with Gasteiger partial charge in [0.25, 0.3) is 5.91 Å². The summed E-state index contributed by atoms with van der Waals surface area (Å²) in [5.41, 5.74) is 1.13. The van der Waals surface area contributed by atoms with Crippen molar-refractivity contribution in [1.29, 1.82) is 0 Å². The van der Waals surface area contributed by atoms with Gasteiger partial charge in [-0.3, -0.25) is 9.59 Å². The summed E-state index contributed by atoms with van der Waals surface area (Å²) in [5, 5.41) is 9.83. The first kappa shape index (κ1) is 13.7. The van der Waals surface area contributed by atoms with Crippen molar-refractivity contribution >= 4 is 11.7 Å². The molecule has 1 aromatic carbocycles. The third-order valence-electron chi connectivity index (χ3n) is 3.51. The molecule has 1 N–H and O–H groups in total. The molecule has 1 amide bonds. The van der Waals surface area contributed by atoms with Crippen LogP contribution in [0.2, 0.25) is 0 Å². The summed E-state index contributed by atoms with van der Waals surface area (Å²) in [7, 11) is 1.69. The summed E-state index contributed by atoms with van der Waals surface area (Å²) < 4.78 is 0. The maximum atomic E-state index is 12.1. The molecule has 0 aromatic heterocycles. The molecule has 1 aromatic rings. The fourth-order valence-electron chi connectivity index (χ4n) is 2.06. The Kier molecular flexibility index (Phi) is 4.00. The van der Waals surface area contributed by atoms with Crippen LogP contribution in [0.15, 0.2) is 24.3 Å². The van der Waals surface area contributed by atoms with Crippen molar-refractivity contribution in [2.45, 2.75) is 25.9 Å². The zero-order chi connectivity index (χ0) is 14.0. The van der Waals surface area contributed by atoms with Crippen molar-refractivity contribution in [1.82, 2.24) is 4.90 Å². The molecule has 19 heavy (non-hydrogen) atoms. The Balaban J connectivity index is 1.99. The molecule has 1 unspecified atom stereocenters. The highest BCUT2D eigenvalue weighted by molar-refractivity contribution is 5.97. The molecular formula is C15H19NO3. The van der Waals surface area contributed by atoms with E-state index in [4.69, 9.17) is 0 Å². The maximum Gasteiger partial charge on any atom is 0.253 e. The van der Waals surface area contributed by atoms with Crippen LogP contribution >= 0.6 is 0 Å². The molecule has 4 nitrogen and oxygen atoms in total. The van der Waals surface area contributed by atoms with Crippen LogP contribution in [0.25, 0.3) is 0 Å². The van der Waals surface area contributed by atoms with Gasteiger partial charge in [0.05, 0.1) is 6.10 Å². The van der Waals surface area contributed by atoms with Crippen molar-refractivity contribution < 1.29 is 14.7 Å². The molecule has 1 atom stereocenters. The average molecular weight is 261 g/mol. The van der Waals surface area contributed by atoms with Crippen LogP contribution in [0, 0.1) is 5.92 Å². The minimum atomic E-state index is -0.426. The molecule has 1 fully saturated rings. The topological polar surface area (TPSA) is 57.6 Å². The van der Waals surface area contributed by atoms with Crippen LogP contribution in [-0.4, -0.2) is 41.4 Å². The van der Waals surface area contributed by atoms with Crippen molar-refractivity contribution in [3.63, 3.8) is 0 Å². The van der Waals surface area contributed by atoms with E-state index in [0.29, 0.717) is 23.6 Å². The molecule has 0 bridgehead atoms. The van der Waals surface area contributed by atoms with Crippen LogP contribution in [-0.2, 0) is 0 Å². The largest absolute Gasteiger partial charge is 0.391 e. The summed E-state index contributed by atoms with van der Waals surface area (Å²) in [4.78, 5) is 24.8. The standard InChI is InChI=1S/C15H19NO3/c1-10(17)11-3-7-13(8-4-11)15(19)16(2)9-14(18)12-5-6-12/h3-4,7-8,12,14,18H,5-6,9H2,1-2H3. The van der Waals surface area contributed by atoms with E-state index in [0.717, 1.165) is 12.8 Å². The summed E-state index contributed by atoms with van der Waals surface area (Å²) in [6.45, 7) is 1.85. The van der Waals surface area contributed by atoms with E-state index >= 15 is 0 Å². The minimum absolute atomic E-state index is 0.0171. The smallest absolute Gasteiger partial charge is 0.253 e. The summed E-state index contributed by atoms with van der Waals surface area (Å²) >= 11 is 0. The number of carbonyl (C=O) groups excluding carboxylic acids is 2. The van der Waals surface area contributed by atoms with Crippen LogP contribution in [0.5, 0.6) is 0 Å². The number of hydrogen-bond acceptors (Lipinski definition) is 3. The van der Waals surface area contributed by atoms with Crippen molar-refractivity contribution in [2.75, 3.05) is 13.6 Å². The lowest BCUT2D eigenvalue weighted by molar-refractivity contribution is 0.0645. The fourth-order valence-corrected chi connectivity index (χ4v) is 2.06. The van der Waals surface area contributed by atoms with Crippen LogP contribution in [0.4, 0.5) is 0 Å². The van der Waals surface area contributed by atoms with Crippen LogP contribution in [0.1, 0.15) is 40.5 Å². The number of nitrogens with zero attached hydrogens (tertiary/aromatic N) is 1. The minimum Gasteiger partial charge on any atom is -0.391 e. The number of amides is 1. The highest BCUT2D eigenvalue weighted by Crippen LogP contribution is 2.32.